The number of carbonyl (C=O) groups excluding carboxylic acids is 1. The molecular weight excluding hydrogens is 318 g/mol. The minimum atomic E-state index is -0.111. The SMILES string of the molecule is CCCCCCCNC(=O)c1cc(OCC)c(OCC)c(OCC)c1. The molecule has 1 amide bonds. The Morgan fingerprint density at radius 3 is 1.92 bits per heavy atom. The zero-order valence-corrected chi connectivity index (χ0v) is 16.2. The molecule has 5 heteroatoms. The molecule has 0 saturated carbocycles. The van der Waals surface area contributed by atoms with Crippen LogP contribution in [0.15, 0.2) is 12.1 Å². The van der Waals surface area contributed by atoms with Crippen LogP contribution in [0.25, 0.3) is 0 Å². The van der Waals surface area contributed by atoms with E-state index in [1.807, 2.05) is 20.8 Å². The van der Waals surface area contributed by atoms with Crippen LogP contribution < -0.4 is 19.5 Å². The molecule has 0 aliphatic heterocycles. The maximum atomic E-state index is 12.5. The molecule has 1 N–H and O–H groups in total. The van der Waals surface area contributed by atoms with Crippen molar-refractivity contribution in [2.75, 3.05) is 26.4 Å². The molecule has 0 aromatic heterocycles. The van der Waals surface area contributed by atoms with Crippen molar-refractivity contribution in [3.63, 3.8) is 0 Å². The van der Waals surface area contributed by atoms with Gasteiger partial charge < -0.3 is 19.5 Å². The highest BCUT2D eigenvalue weighted by atomic mass is 16.5. The smallest absolute Gasteiger partial charge is 0.251 e. The summed E-state index contributed by atoms with van der Waals surface area (Å²) in [6, 6.07) is 3.45. The molecule has 0 saturated heterocycles. The van der Waals surface area contributed by atoms with Crippen LogP contribution in [0.4, 0.5) is 0 Å². The van der Waals surface area contributed by atoms with Crippen LogP contribution >= 0.6 is 0 Å². The lowest BCUT2D eigenvalue weighted by atomic mass is 10.1. The van der Waals surface area contributed by atoms with Crippen LogP contribution in [0.1, 0.15) is 70.2 Å². The number of benzene rings is 1. The Hall–Kier alpha value is -1.91. The number of ether oxygens (including phenoxy) is 3. The summed E-state index contributed by atoms with van der Waals surface area (Å²) in [4.78, 5) is 12.5. The number of amides is 1. The van der Waals surface area contributed by atoms with E-state index < -0.39 is 0 Å². The van der Waals surface area contributed by atoms with Crippen molar-refractivity contribution in [3.05, 3.63) is 17.7 Å². The lowest BCUT2D eigenvalue weighted by Gasteiger charge is -2.17. The minimum Gasteiger partial charge on any atom is -0.490 e. The quantitative estimate of drug-likeness (QED) is 0.528. The molecule has 1 aromatic rings. The van der Waals surface area contributed by atoms with Crippen molar-refractivity contribution in [1.29, 1.82) is 0 Å². The number of carbonyl (C=O) groups is 1. The molecule has 0 aliphatic rings. The number of nitrogens with one attached hydrogen (secondary N) is 1. The molecule has 0 radical (unpaired) electrons. The topological polar surface area (TPSA) is 56.8 Å². The predicted molar refractivity (Wildman–Crippen MR) is 101 cm³/mol. The Labute approximate surface area is 152 Å². The molecule has 0 atom stereocenters. The van der Waals surface area contributed by atoms with E-state index in [-0.39, 0.29) is 5.91 Å². The number of hydrogen-bond acceptors (Lipinski definition) is 4. The summed E-state index contributed by atoms with van der Waals surface area (Å²) < 4.78 is 17.0. The monoisotopic (exact) mass is 351 g/mol. The second-order valence-corrected chi connectivity index (χ2v) is 5.77. The third-order valence-corrected chi connectivity index (χ3v) is 3.74. The first-order chi connectivity index (χ1) is 12.2. The van der Waals surface area contributed by atoms with Gasteiger partial charge in [0.15, 0.2) is 11.5 Å². The first kappa shape index (κ1) is 21.1. The van der Waals surface area contributed by atoms with E-state index in [2.05, 4.69) is 12.2 Å². The van der Waals surface area contributed by atoms with E-state index >= 15 is 0 Å². The summed E-state index contributed by atoms with van der Waals surface area (Å²) in [6.45, 7) is 10.1. The summed E-state index contributed by atoms with van der Waals surface area (Å²) in [5, 5.41) is 2.98. The van der Waals surface area contributed by atoms with Gasteiger partial charge in [0.2, 0.25) is 5.75 Å². The molecule has 0 heterocycles. The maximum absolute atomic E-state index is 12.5. The summed E-state index contributed by atoms with van der Waals surface area (Å²) in [5.74, 6) is 1.54. The van der Waals surface area contributed by atoms with Crippen LogP contribution in [-0.4, -0.2) is 32.3 Å². The zero-order valence-electron chi connectivity index (χ0n) is 16.2. The van der Waals surface area contributed by atoms with Crippen molar-refractivity contribution in [2.45, 2.75) is 59.8 Å². The molecule has 0 aliphatic carbocycles. The highest BCUT2D eigenvalue weighted by molar-refractivity contribution is 5.95. The second-order valence-electron chi connectivity index (χ2n) is 5.77. The lowest BCUT2D eigenvalue weighted by Crippen LogP contribution is -2.24. The standard InChI is InChI=1S/C20H33NO4/c1-5-9-10-11-12-13-21-20(22)16-14-17(23-6-2)19(25-8-4)18(15-16)24-7-3/h14-15H,5-13H2,1-4H3,(H,21,22). The summed E-state index contributed by atoms with van der Waals surface area (Å²) in [7, 11) is 0. The van der Waals surface area contributed by atoms with Gasteiger partial charge in [-0.05, 0) is 39.3 Å². The van der Waals surface area contributed by atoms with Crippen molar-refractivity contribution in [1.82, 2.24) is 5.32 Å². The molecule has 0 bridgehead atoms. The van der Waals surface area contributed by atoms with Crippen LogP contribution in [0, 0.1) is 0 Å². The van der Waals surface area contributed by atoms with Crippen LogP contribution in [0.3, 0.4) is 0 Å². The third-order valence-electron chi connectivity index (χ3n) is 3.74. The van der Waals surface area contributed by atoms with Crippen molar-refractivity contribution in [2.24, 2.45) is 0 Å². The van der Waals surface area contributed by atoms with E-state index in [4.69, 9.17) is 14.2 Å². The largest absolute Gasteiger partial charge is 0.490 e. The zero-order chi connectivity index (χ0) is 18.5. The normalized spacial score (nSPS) is 10.4. The molecule has 0 unspecified atom stereocenters. The highest BCUT2D eigenvalue weighted by Crippen LogP contribution is 2.39. The molecule has 25 heavy (non-hydrogen) atoms. The van der Waals surface area contributed by atoms with Crippen LogP contribution in [-0.2, 0) is 0 Å². The van der Waals surface area contributed by atoms with Gasteiger partial charge >= 0.3 is 0 Å². The second kappa shape index (κ2) is 12.5. The summed E-state index contributed by atoms with van der Waals surface area (Å²) in [5.41, 5.74) is 0.531. The number of rotatable bonds is 13. The van der Waals surface area contributed by atoms with Gasteiger partial charge in [0.25, 0.3) is 5.91 Å². The predicted octanol–water partition coefficient (Wildman–Crippen LogP) is 4.58. The van der Waals surface area contributed by atoms with E-state index in [1.54, 1.807) is 12.1 Å². The summed E-state index contributed by atoms with van der Waals surface area (Å²) >= 11 is 0. The molecule has 0 spiro atoms. The Kier molecular flexibility index (Phi) is 10.5. The van der Waals surface area contributed by atoms with Gasteiger partial charge in [0.05, 0.1) is 19.8 Å². The molecular formula is C20H33NO4. The van der Waals surface area contributed by atoms with Gasteiger partial charge in [0, 0.05) is 12.1 Å². The fraction of sp³-hybridized carbons (Fsp3) is 0.650. The van der Waals surface area contributed by atoms with E-state index in [0.717, 1.165) is 12.8 Å². The van der Waals surface area contributed by atoms with Crippen molar-refractivity contribution in [3.8, 4) is 17.2 Å². The van der Waals surface area contributed by atoms with Gasteiger partial charge in [-0.2, -0.15) is 0 Å². The van der Waals surface area contributed by atoms with Crippen molar-refractivity contribution < 1.29 is 19.0 Å². The fourth-order valence-corrected chi connectivity index (χ4v) is 2.55. The van der Waals surface area contributed by atoms with Gasteiger partial charge in [-0.3, -0.25) is 4.79 Å². The number of unbranched alkanes of at least 4 members (excludes halogenated alkanes) is 4. The van der Waals surface area contributed by atoms with Gasteiger partial charge in [-0.1, -0.05) is 32.6 Å². The van der Waals surface area contributed by atoms with E-state index in [1.165, 1.54) is 19.3 Å². The maximum Gasteiger partial charge on any atom is 0.251 e. The Bertz CT molecular complexity index is 489. The third kappa shape index (κ3) is 7.24. The molecule has 142 valence electrons. The average molecular weight is 351 g/mol. The average Bonchev–Trinajstić information content (AvgIpc) is 2.60. The number of hydrogen-bond donors (Lipinski definition) is 1. The van der Waals surface area contributed by atoms with Gasteiger partial charge in [0.1, 0.15) is 0 Å². The Balaban J connectivity index is 2.81. The van der Waals surface area contributed by atoms with Gasteiger partial charge in [-0.25, -0.2) is 0 Å². The molecule has 5 nitrogen and oxygen atoms in total. The van der Waals surface area contributed by atoms with E-state index in [0.29, 0.717) is 49.2 Å². The lowest BCUT2D eigenvalue weighted by molar-refractivity contribution is 0.0951. The van der Waals surface area contributed by atoms with E-state index in [9.17, 15) is 4.79 Å². The van der Waals surface area contributed by atoms with Crippen molar-refractivity contribution >= 4 is 5.91 Å². The Morgan fingerprint density at radius 1 is 0.840 bits per heavy atom. The minimum absolute atomic E-state index is 0.111. The fourth-order valence-electron chi connectivity index (χ4n) is 2.55. The first-order valence-corrected chi connectivity index (χ1v) is 9.52. The molecule has 1 rings (SSSR count). The van der Waals surface area contributed by atoms with Gasteiger partial charge in [-0.15, -0.1) is 0 Å². The molecule has 0 fully saturated rings. The van der Waals surface area contributed by atoms with Crippen LogP contribution in [0.2, 0.25) is 0 Å². The summed E-state index contributed by atoms with van der Waals surface area (Å²) in [6.07, 6.45) is 5.84. The molecule has 1 aromatic carbocycles. The van der Waals surface area contributed by atoms with Crippen LogP contribution in [0.5, 0.6) is 17.2 Å². The Morgan fingerprint density at radius 2 is 1.40 bits per heavy atom. The first-order valence-electron chi connectivity index (χ1n) is 9.52. The highest BCUT2D eigenvalue weighted by Gasteiger charge is 2.18.